The minimum Gasteiger partial charge on any atom is -0.469 e. The molecule has 1 aromatic carbocycles. The van der Waals surface area contributed by atoms with Gasteiger partial charge in [-0.15, -0.1) is 0 Å². The van der Waals surface area contributed by atoms with Crippen LogP contribution in [0.25, 0.3) is 0 Å². The van der Waals surface area contributed by atoms with E-state index in [0.717, 1.165) is 84.0 Å². The topological polar surface area (TPSA) is 46.2 Å². The Bertz CT molecular complexity index is 1120. The maximum Gasteiger partial charge on any atom is 0.199 e. The zero-order valence-corrected chi connectivity index (χ0v) is 29.9. The molecule has 2 aliphatic heterocycles. The SMILES string of the molecule is CC(C)=CCC[C@@H](C)CCC=C(OC1CCCCO1)[C@H]1CC[C@@]2(OC3CCCCO3)C=C(CCCCCOCc3ccccc3)C[C@@H]12. The maximum absolute atomic E-state index is 7.03. The maximum atomic E-state index is 7.03. The lowest BCUT2D eigenvalue weighted by Crippen LogP contribution is -2.40. The van der Waals surface area contributed by atoms with Gasteiger partial charge in [-0.2, -0.15) is 0 Å². The van der Waals surface area contributed by atoms with E-state index in [1.165, 1.54) is 61.8 Å². The number of hydrogen-bond donors (Lipinski definition) is 0. The van der Waals surface area contributed by atoms with Gasteiger partial charge in [0.15, 0.2) is 12.6 Å². The molecule has 0 bridgehead atoms. The summed E-state index contributed by atoms with van der Waals surface area (Å²) in [4.78, 5) is 0. The minimum absolute atomic E-state index is 0.0842. The number of allylic oxidation sites excluding steroid dienone is 5. The summed E-state index contributed by atoms with van der Waals surface area (Å²) < 4.78 is 32.1. The summed E-state index contributed by atoms with van der Waals surface area (Å²) >= 11 is 0. The highest BCUT2D eigenvalue weighted by Crippen LogP contribution is 2.55. The van der Waals surface area contributed by atoms with Crippen LogP contribution >= 0.6 is 0 Å². The van der Waals surface area contributed by atoms with Crippen molar-refractivity contribution in [3.63, 3.8) is 0 Å². The minimum atomic E-state index is -0.242. The smallest absolute Gasteiger partial charge is 0.199 e. The molecule has 5 nitrogen and oxygen atoms in total. The molecule has 5 heteroatoms. The first kappa shape index (κ1) is 36.4. The molecule has 262 valence electrons. The standard InChI is InChI=1S/C42H64O5/c1-33(2)16-14-17-34(3)18-15-22-39(46-40-23-9-12-28-44-40)37-25-26-42(47-41-24-10-13-29-45-41)31-36(30-38(37)42)21-8-5-11-27-43-32-35-19-6-4-7-20-35/h4,6-7,16,19-20,22,31,34,37-38,40-41H,5,8-15,17-18,21,23-30,32H2,1-3H3/t34-,37+,38+,40?,41?,42-/m1/s1. The van der Waals surface area contributed by atoms with Crippen molar-refractivity contribution < 1.29 is 23.7 Å². The first-order valence-electron chi connectivity index (χ1n) is 19.2. The van der Waals surface area contributed by atoms with E-state index in [-0.39, 0.29) is 18.2 Å². The first-order chi connectivity index (χ1) is 23.0. The van der Waals surface area contributed by atoms with Gasteiger partial charge in [-0.05, 0) is 128 Å². The molecule has 47 heavy (non-hydrogen) atoms. The largest absolute Gasteiger partial charge is 0.469 e. The van der Waals surface area contributed by atoms with Gasteiger partial charge < -0.3 is 23.7 Å². The van der Waals surface area contributed by atoms with Gasteiger partial charge >= 0.3 is 0 Å². The third-order valence-electron chi connectivity index (χ3n) is 10.8. The van der Waals surface area contributed by atoms with Crippen molar-refractivity contribution in [2.24, 2.45) is 17.8 Å². The third-order valence-corrected chi connectivity index (χ3v) is 10.8. The van der Waals surface area contributed by atoms with E-state index < -0.39 is 0 Å². The molecular formula is C42H64O5. The predicted molar refractivity (Wildman–Crippen MR) is 191 cm³/mol. The fourth-order valence-electron chi connectivity index (χ4n) is 8.08. The molecule has 2 heterocycles. The summed E-state index contributed by atoms with van der Waals surface area (Å²) in [6.07, 6.45) is 26.4. The molecule has 1 saturated carbocycles. The van der Waals surface area contributed by atoms with E-state index in [2.05, 4.69) is 69.3 Å². The van der Waals surface area contributed by atoms with E-state index in [9.17, 15) is 0 Å². The summed E-state index contributed by atoms with van der Waals surface area (Å²) in [5.41, 5.74) is 4.00. The number of benzene rings is 1. The highest BCUT2D eigenvalue weighted by molar-refractivity contribution is 5.29. The Kier molecular flexibility index (Phi) is 14.9. The van der Waals surface area contributed by atoms with Gasteiger partial charge in [-0.1, -0.05) is 67.0 Å². The molecule has 0 N–H and O–H groups in total. The average Bonchev–Trinajstić information content (AvgIpc) is 3.59. The lowest BCUT2D eigenvalue weighted by atomic mass is 9.85. The second-order valence-corrected chi connectivity index (χ2v) is 15.0. The molecule has 6 atom stereocenters. The van der Waals surface area contributed by atoms with Gasteiger partial charge in [0.05, 0.1) is 24.6 Å². The summed E-state index contributed by atoms with van der Waals surface area (Å²) in [6.45, 7) is 9.95. The number of hydrogen-bond acceptors (Lipinski definition) is 5. The van der Waals surface area contributed by atoms with Crippen LogP contribution in [0, 0.1) is 17.8 Å². The van der Waals surface area contributed by atoms with Crippen LogP contribution in [0.5, 0.6) is 0 Å². The van der Waals surface area contributed by atoms with Crippen molar-refractivity contribution in [1.29, 1.82) is 0 Å². The van der Waals surface area contributed by atoms with E-state index in [4.69, 9.17) is 23.7 Å². The summed E-state index contributed by atoms with van der Waals surface area (Å²) in [7, 11) is 0. The quantitative estimate of drug-likeness (QED) is 0.0848. The van der Waals surface area contributed by atoms with Gasteiger partial charge in [-0.25, -0.2) is 0 Å². The lowest BCUT2D eigenvalue weighted by molar-refractivity contribution is -0.219. The second-order valence-electron chi connectivity index (χ2n) is 15.0. The molecule has 2 saturated heterocycles. The highest BCUT2D eigenvalue weighted by Gasteiger charge is 2.54. The van der Waals surface area contributed by atoms with Crippen LogP contribution < -0.4 is 0 Å². The Hall–Kier alpha value is -1.92. The summed E-state index contributed by atoms with van der Waals surface area (Å²) in [6, 6.07) is 10.5. The number of fused-ring (bicyclic) bond motifs is 1. The van der Waals surface area contributed by atoms with E-state index in [0.29, 0.717) is 24.4 Å². The van der Waals surface area contributed by atoms with Crippen LogP contribution in [0.1, 0.15) is 135 Å². The molecule has 4 aliphatic rings. The normalized spacial score (nSPS) is 28.5. The lowest BCUT2D eigenvalue weighted by Gasteiger charge is -2.36. The van der Waals surface area contributed by atoms with E-state index >= 15 is 0 Å². The fourth-order valence-corrected chi connectivity index (χ4v) is 8.08. The number of ether oxygens (including phenoxy) is 5. The van der Waals surface area contributed by atoms with Gasteiger partial charge in [0, 0.05) is 31.5 Å². The van der Waals surface area contributed by atoms with Gasteiger partial charge in [-0.3, -0.25) is 0 Å². The molecule has 1 aromatic rings. The molecule has 3 fully saturated rings. The average molecular weight is 649 g/mol. The third kappa shape index (κ3) is 11.6. The van der Waals surface area contributed by atoms with Crippen LogP contribution in [0.4, 0.5) is 0 Å². The molecule has 0 spiro atoms. The number of unbranched alkanes of at least 4 members (excludes halogenated alkanes) is 2. The molecular weight excluding hydrogens is 584 g/mol. The zero-order chi connectivity index (χ0) is 32.7. The van der Waals surface area contributed by atoms with E-state index in [1.54, 1.807) is 5.57 Å². The Balaban J connectivity index is 1.20. The Morgan fingerprint density at radius 2 is 1.64 bits per heavy atom. The van der Waals surface area contributed by atoms with Crippen molar-refractivity contribution in [1.82, 2.24) is 0 Å². The van der Waals surface area contributed by atoms with Crippen LogP contribution in [0.15, 0.2) is 65.5 Å². The van der Waals surface area contributed by atoms with E-state index in [1.807, 2.05) is 0 Å². The summed E-state index contributed by atoms with van der Waals surface area (Å²) in [5.74, 6) is 2.65. The van der Waals surface area contributed by atoms with Gasteiger partial charge in [0.1, 0.15) is 0 Å². The molecule has 0 aromatic heterocycles. The van der Waals surface area contributed by atoms with Crippen molar-refractivity contribution in [2.75, 3.05) is 19.8 Å². The molecule has 0 radical (unpaired) electrons. The van der Waals surface area contributed by atoms with Crippen molar-refractivity contribution in [3.8, 4) is 0 Å². The predicted octanol–water partition coefficient (Wildman–Crippen LogP) is 11.0. The molecule has 2 unspecified atom stereocenters. The second kappa shape index (κ2) is 19.3. The van der Waals surface area contributed by atoms with Crippen molar-refractivity contribution in [3.05, 3.63) is 71.0 Å². The Morgan fingerprint density at radius 1 is 0.894 bits per heavy atom. The summed E-state index contributed by atoms with van der Waals surface area (Å²) in [5, 5.41) is 0. The zero-order valence-electron chi connectivity index (χ0n) is 29.9. The molecule has 0 amide bonds. The Morgan fingerprint density at radius 3 is 2.36 bits per heavy atom. The van der Waals surface area contributed by atoms with Crippen LogP contribution in [-0.2, 0) is 30.3 Å². The van der Waals surface area contributed by atoms with Crippen LogP contribution in [-0.4, -0.2) is 38.0 Å². The fraction of sp³-hybridized carbons (Fsp3) is 0.714. The monoisotopic (exact) mass is 648 g/mol. The van der Waals surface area contributed by atoms with Crippen LogP contribution in [0.2, 0.25) is 0 Å². The first-order valence-corrected chi connectivity index (χ1v) is 19.2. The number of rotatable bonds is 19. The Labute approximate surface area is 286 Å². The van der Waals surface area contributed by atoms with Gasteiger partial charge in [0.25, 0.3) is 0 Å². The molecule has 2 aliphatic carbocycles. The van der Waals surface area contributed by atoms with Crippen molar-refractivity contribution >= 4 is 0 Å². The highest BCUT2D eigenvalue weighted by atomic mass is 16.7. The van der Waals surface area contributed by atoms with Crippen LogP contribution in [0.3, 0.4) is 0 Å². The van der Waals surface area contributed by atoms with Crippen molar-refractivity contribution in [2.45, 2.75) is 155 Å². The van der Waals surface area contributed by atoms with Gasteiger partial charge in [0.2, 0.25) is 0 Å². The molecule has 5 rings (SSSR count).